The largest absolute Gasteiger partial charge is 0.295 e. The molecule has 106 valence electrons. The SMILES string of the molecule is C=C/C=C1/C(=O)N(C2CCC(=O)NC2=O)C(=O)C1(C)C. The zero-order chi connectivity index (χ0) is 15.1. The Hall–Kier alpha value is -2.24. The number of likely N-dealkylation sites (tertiary alicyclic amines) is 1. The van der Waals surface area contributed by atoms with Crippen LogP contribution in [0.2, 0.25) is 0 Å². The molecule has 0 spiro atoms. The molecule has 0 aromatic carbocycles. The van der Waals surface area contributed by atoms with Crippen molar-refractivity contribution in [2.45, 2.75) is 32.7 Å². The summed E-state index contributed by atoms with van der Waals surface area (Å²) in [5, 5.41) is 2.16. The topological polar surface area (TPSA) is 83.6 Å². The van der Waals surface area contributed by atoms with Crippen LogP contribution in [-0.4, -0.2) is 34.6 Å². The molecule has 1 N–H and O–H groups in total. The molecule has 0 saturated carbocycles. The molecule has 6 heteroatoms. The number of piperidine rings is 1. The van der Waals surface area contributed by atoms with Gasteiger partial charge < -0.3 is 0 Å². The lowest BCUT2D eigenvalue weighted by molar-refractivity contribution is -0.151. The van der Waals surface area contributed by atoms with Gasteiger partial charge in [0.15, 0.2) is 0 Å². The standard InChI is InChI=1S/C14H16N2O4/c1-4-5-8-12(19)16(13(20)14(8,2)3)9-6-7-10(17)15-11(9)18/h4-5,9H,1,6-7H2,2-3H3,(H,15,17,18)/b8-5-. The minimum Gasteiger partial charge on any atom is -0.295 e. The average Bonchev–Trinajstić information content (AvgIpc) is 2.52. The van der Waals surface area contributed by atoms with Crippen LogP contribution in [0, 0.1) is 5.41 Å². The van der Waals surface area contributed by atoms with Gasteiger partial charge in [0.1, 0.15) is 6.04 Å². The van der Waals surface area contributed by atoms with Gasteiger partial charge in [0.25, 0.3) is 5.91 Å². The van der Waals surface area contributed by atoms with Crippen LogP contribution in [0.5, 0.6) is 0 Å². The fraction of sp³-hybridized carbons (Fsp3) is 0.429. The highest BCUT2D eigenvalue weighted by molar-refractivity contribution is 6.19. The third-order valence-corrected chi connectivity index (χ3v) is 3.68. The fourth-order valence-electron chi connectivity index (χ4n) is 2.51. The number of hydrogen-bond donors (Lipinski definition) is 1. The van der Waals surface area contributed by atoms with Crippen molar-refractivity contribution in [3.8, 4) is 0 Å². The maximum absolute atomic E-state index is 12.4. The highest BCUT2D eigenvalue weighted by atomic mass is 16.2. The van der Waals surface area contributed by atoms with Crippen molar-refractivity contribution in [3.05, 3.63) is 24.3 Å². The fourth-order valence-corrected chi connectivity index (χ4v) is 2.51. The molecule has 0 bridgehead atoms. The predicted octanol–water partition coefficient (Wildman–Crippen LogP) is 0.299. The third-order valence-electron chi connectivity index (χ3n) is 3.68. The summed E-state index contributed by atoms with van der Waals surface area (Å²) in [6.07, 6.45) is 3.22. The first-order valence-corrected chi connectivity index (χ1v) is 6.35. The molecule has 20 heavy (non-hydrogen) atoms. The Labute approximate surface area is 116 Å². The molecular weight excluding hydrogens is 260 g/mol. The second kappa shape index (κ2) is 4.70. The number of allylic oxidation sites excluding steroid dienone is 2. The van der Waals surface area contributed by atoms with E-state index >= 15 is 0 Å². The number of rotatable bonds is 2. The van der Waals surface area contributed by atoms with Crippen LogP contribution in [0.15, 0.2) is 24.3 Å². The Morgan fingerprint density at radius 2 is 1.95 bits per heavy atom. The zero-order valence-electron chi connectivity index (χ0n) is 11.4. The summed E-state index contributed by atoms with van der Waals surface area (Å²) < 4.78 is 0. The van der Waals surface area contributed by atoms with Crippen LogP contribution in [0.4, 0.5) is 0 Å². The maximum Gasteiger partial charge on any atom is 0.258 e. The van der Waals surface area contributed by atoms with E-state index in [9.17, 15) is 19.2 Å². The monoisotopic (exact) mass is 276 g/mol. The van der Waals surface area contributed by atoms with Crippen molar-refractivity contribution < 1.29 is 19.2 Å². The molecule has 2 fully saturated rings. The molecule has 0 aromatic rings. The molecular formula is C14H16N2O4. The summed E-state index contributed by atoms with van der Waals surface area (Å²) in [6.45, 7) is 6.80. The smallest absolute Gasteiger partial charge is 0.258 e. The van der Waals surface area contributed by atoms with Gasteiger partial charge in [-0.3, -0.25) is 29.4 Å². The van der Waals surface area contributed by atoms with Gasteiger partial charge in [-0.15, -0.1) is 0 Å². The molecule has 2 heterocycles. The van der Waals surface area contributed by atoms with Crippen LogP contribution in [-0.2, 0) is 19.2 Å². The van der Waals surface area contributed by atoms with Gasteiger partial charge in [0, 0.05) is 12.0 Å². The van der Waals surface area contributed by atoms with Gasteiger partial charge in [-0.2, -0.15) is 0 Å². The van der Waals surface area contributed by atoms with Crippen LogP contribution < -0.4 is 5.32 Å². The van der Waals surface area contributed by atoms with E-state index in [1.54, 1.807) is 13.8 Å². The van der Waals surface area contributed by atoms with Crippen molar-refractivity contribution in [2.24, 2.45) is 5.41 Å². The Bertz CT molecular complexity index is 560. The van der Waals surface area contributed by atoms with E-state index in [1.807, 2.05) is 0 Å². The normalized spacial score (nSPS) is 28.0. The second-order valence-corrected chi connectivity index (χ2v) is 5.39. The zero-order valence-corrected chi connectivity index (χ0v) is 11.4. The molecule has 0 aromatic heterocycles. The van der Waals surface area contributed by atoms with E-state index in [4.69, 9.17) is 0 Å². The number of nitrogens with zero attached hydrogens (tertiary/aromatic N) is 1. The van der Waals surface area contributed by atoms with Crippen molar-refractivity contribution in [3.63, 3.8) is 0 Å². The molecule has 2 aliphatic heterocycles. The molecule has 0 aliphatic carbocycles. The van der Waals surface area contributed by atoms with E-state index in [-0.39, 0.29) is 18.7 Å². The lowest BCUT2D eigenvalue weighted by Crippen LogP contribution is -2.54. The van der Waals surface area contributed by atoms with Crippen molar-refractivity contribution in [2.75, 3.05) is 0 Å². The molecule has 1 unspecified atom stereocenters. The summed E-state index contributed by atoms with van der Waals surface area (Å²) in [5.41, 5.74) is -0.685. The van der Waals surface area contributed by atoms with Gasteiger partial charge >= 0.3 is 0 Å². The molecule has 0 radical (unpaired) electrons. The third kappa shape index (κ3) is 1.97. The minimum absolute atomic E-state index is 0.119. The van der Waals surface area contributed by atoms with Gasteiger partial charge in [0.2, 0.25) is 17.7 Å². The summed E-state index contributed by atoms with van der Waals surface area (Å²) >= 11 is 0. The van der Waals surface area contributed by atoms with E-state index in [0.29, 0.717) is 5.57 Å². The first kappa shape index (κ1) is 14.2. The second-order valence-electron chi connectivity index (χ2n) is 5.39. The van der Waals surface area contributed by atoms with Crippen molar-refractivity contribution in [1.82, 2.24) is 10.2 Å². The number of nitrogens with one attached hydrogen (secondary N) is 1. The summed E-state index contributed by atoms with van der Waals surface area (Å²) in [7, 11) is 0. The Morgan fingerprint density at radius 1 is 1.30 bits per heavy atom. The predicted molar refractivity (Wildman–Crippen MR) is 70.1 cm³/mol. The summed E-state index contributed by atoms with van der Waals surface area (Å²) in [5.74, 6) is -1.90. The molecule has 2 saturated heterocycles. The molecule has 1 atom stereocenters. The highest BCUT2D eigenvalue weighted by Crippen LogP contribution is 2.39. The number of carbonyl (C=O) groups excluding carboxylic acids is 4. The number of carbonyl (C=O) groups is 4. The van der Waals surface area contributed by atoms with E-state index in [1.165, 1.54) is 12.2 Å². The first-order valence-electron chi connectivity index (χ1n) is 6.35. The van der Waals surface area contributed by atoms with Crippen molar-refractivity contribution in [1.29, 1.82) is 0 Å². The number of imide groups is 2. The first-order chi connectivity index (χ1) is 9.30. The lowest BCUT2D eigenvalue weighted by Gasteiger charge is -2.28. The van der Waals surface area contributed by atoms with Crippen LogP contribution in [0.3, 0.4) is 0 Å². The lowest BCUT2D eigenvalue weighted by atomic mass is 9.86. The van der Waals surface area contributed by atoms with E-state index in [0.717, 1.165) is 4.90 Å². The summed E-state index contributed by atoms with van der Waals surface area (Å²) in [4.78, 5) is 48.7. The summed E-state index contributed by atoms with van der Waals surface area (Å²) in [6, 6.07) is -0.914. The highest BCUT2D eigenvalue weighted by Gasteiger charge is 2.53. The quantitative estimate of drug-likeness (QED) is 0.581. The Kier molecular flexibility index (Phi) is 3.33. The maximum atomic E-state index is 12.4. The van der Waals surface area contributed by atoms with Gasteiger partial charge in [0.05, 0.1) is 5.41 Å². The van der Waals surface area contributed by atoms with Gasteiger partial charge in [-0.1, -0.05) is 18.7 Å². The molecule has 2 rings (SSSR count). The Morgan fingerprint density at radius 3 is 2.50 bits per heavy atom. The average molecular weight is 276 g/mol. The van der Waals surface area contributed by atoms with Crippen molar-refractivity contribution >= 4 is 23.6 Å². The van der Waals surface area contributed by atoms with Gasteiger partial charge in [-0.05, 0) is 20.3 Å². The number of hydrogen-bond acceptors (Lipinski definition) is 4. The van der Waals surface area contributed by atoms with Crippen LogP contribution in [0.1, 0.15) is 26.7 Å². The molecule has 2 aliphatic rings. The van der Waals surface area contributed by atoms with Gasteiger partial charge in [-0.25, -0.2) is 0 Å². The van der Waals surface area contributed by atoms with Crippen LogP contribution >= 0.6 is 0 Å². The van der Waals surface area contributed by atoms with E-state index in [2.05, 4.69) is 11.9 Å². The molecule has 4 amide bonds. The number of amides is 4. The van der Waals surface area contributed by atoms with Crippen LogP contribution in [0.25, 0.3) is 0 Å². The molecule has 6 nitrogen and oxygen atoms in total. The Balaban J connectivity index is 2.39. The van der Waals surface area contributed by atoms with E-state index < -0.39 is 29.2 Å². The minimum atomic E-state index is -0.993.